The molecule has 1 N–H and O–H groups in total. The highest BCUT2D eigenvalue weighted by Crippen LogP contribution is 2.36. The van der Waals surface area contributed by atoms with Gasteiger partial charge in [0.15, 0.2) is 0 Å². The summed E-state index contributed by atoms with van der Waals surface area (Å²) in [6.45, 7) is 1.93. The van der Waals surface area contributed by atoms with Gasteiger partial charge in [-0.25, -0.2) is 4.39 Å². The van der Waals surface area contributed by atoms with Crippen LogP contribution in [0.1, 0.15) is 18.5 Å². The van der Waals surface area contributed by atoms with Gasteiger partial charge in [-0.15, -0.1) is 0 Å². The van der Waals surface area contributed by atoms with Gasteiger partial charge in [0.1, 0.15) is 5.82 Å². The van der Waals surface area contributed by atoms with Gasteiger partial charge in [0, 0.05) is 17.0 Å². The van der Waals surface area contributed by atoms with E-state index < -0.39 is 4.92 Å². The van der Waals surface area contributed by atoms with Gasteiger partial charge in [0.2, 0.25) is 0 Å². The summed E-state index contributed by atoms with van der Waals surface area (Å²) in [6, 6.07) is 11.3. The molecule has 0 aromatic heterocycles. The summed E-state index contributed by atoms with van der Waals surface area (Å²) in [7, 11) is 1.80. The molecule has 0 saturated carbocycles. The maximum Gasteiger partial charge on any atom is 0.283 e. The zero-order valence-corrected chi connectivity index (χ0v) is 12.5. The molecule has 21 heavy (non-hydrogen) atoms. The molecule has 2 aromatic carbocycles. The number of nitrogens with one attached hydrogen (secondary N) is 1. The molecule has 6 heteroatoms. The monoisotopic (exact) mass is 306 g/mol. The maximum atomic E-state index is 14.1. The molecule has 0 bridgehead atoms. The van der Waals surface area contributed by atoms with Crippen molar-refractivity contribution < 1.29 is 9.31 Å². The third-order valence-electron chi connectivity index (χ3n) is 3.17. The van der Waals surface area contributed by atoms with Crippen LogP contribution in [-0.2, 0) is 0 Å². The molecule has 1 unspecified atom stereocenters. The minimum Gasteiger partial charge on any atom is -0.313 e. The Labute approximate surface area is 126 Å². The van der Waals surface area contributed by atoms with Crippen LogP contribution in [0.2, 0.25) is 0 Å². The standard InChI is InChI=1S/C15H15FN2O2S/c1-10(17-2)11-7-8-14(12(16)9-11)21-15-6-4-3-5-13(15)18(19)20/h3-10,17H,1-2H3. The number of hydrogen-bond donors (Lipinski definition) is 1. The normalized spacial score (nSPS) is 12.1. The lowest BCUT2D eigenvalue weighted by Crippen LogP contribution is -2.12. The summed E-state index contributed by atoms with van der Waals surface area (Å²) in [5.74, 6) is -0.377. The van der Waals surface area contributed by atoms with Crippen LogP contribution in [0.15, 0.2) is 52.3 Å². The second-order valence-corrected chi connectivity index (χ2v) is 5.61. The average Bonchev–Trinajstić information content (AvgIpc) is 2.48. The summed E-state index contributed by atoms with van der Waals surface area (Å²) in [6.07, 6.45) is 0. The van der Waals surface area contributed by atoms with Gasteiger partial charge >= 0.3 is 0 Å². The smallest absolute Gasteiger partial charge is 0.283 e. The molecule has 0 saturated heterocycles. The van der Waals surface area contributed by atoms with Crippen molar-refractivity contribution in [3.8, 4) is 0 Å². The van der Waals surface area contributed by atoms with Gasteiger partial charge in [0.25, 0.3) is 5.69 Å². The van der Waals surface area contributed by atoms with Crippen LogP contribution in [0.25, 0.3) is 0 Å². The molecule has 0 aliphatic rings. The van der Waals surface area contributed by atoms with E-state index in [0.29, 0.717) is 9.79 Å². The van der Waals surface area contributed by atoms with Gasteiger partial charge < -0.3 is 5.32 Å². The molecule has 0 aliphatic heterocycles. The van der Waals surface area contributed by atoms with E-state index in [-0.39, 0.29) is 17.5 Å². The van der Waals surface area contributed by atoms with E-state index >= 15 is 0 Å². The molecule has 2 rings (SSSR count). The lowest BCUT2D eigenvalue weighted by atomic mass is 10.1. The Morgan fingerprint density at radius 3 is 2.57 bits per heavy atom. The lowest BCUT2D eigenvalue weighted by Gasteiger charge is -2.12. The van der Waals surface area contributed by atoms with E-state index in [0.717, 1.165) is 17.3 Å². The van der Waals surface area contributed by atoms with Crippen LogP contribution in [0, 0.1) is 15.9 Å². The van der Waals surface area contributed by atoms with E-state index in [4.69, 9.17) is 0 Å². The Morgan fingerprint density at radius 1 is 1.24 bits per heavy atom. The molecule has 0 amide bonds. The van der Waals surface area contributed by atoms with Crippen molar-refractivity contribution in [2.45, 2.75) is 22.8 Å². The number of nitrogens with zero attached hydrogens (tertiary/aromatic N) is 1. The minimum atomic E-state index is -0.461. The number of nitro groups is 1. The number of benzene rings is 2. The first kappa shape index (κ1) is 15.5. The van der Waals surface area contributed by atoms with Crippen molar-refractivity contribution in [2.75, 3.05) is 7.05 Å². The molecule has 2 aromatic rings. The summed E-state index contributed by atoms with van der Waals surface area (Å²) in [5.41, 5.74) is 0.816. The molecule has 0 heterocycles. The van der Waals surface area contributed by atoms with Crippen LogP contribution in [-0.4, -0.2) is 12.0 Å². The van der Waals surface area contributed by atoms with Gasteiger partial charge in [-0.1, -0.05) is 30.0 Å². The largest absolute Gasteiger partial charge is 0.313 e. The first-order valence-corrected chi connectivity index (χ1v) is 7.22. The molecule has 110 valence electrons. The molecule has 4 nitrogen and oxygen atoms in total. The molecule has 0 fully saturated rings. The lowest BCUT2D eigenvalue weighted by molar-refractivity contribution is -0.387. The Hall–Kier alpha value is -1.92. The molecule has 1 atom stereocenters. The minimum absolute atomic E-state index is 0.0189. The first-order valence-electron chi connectivity index (χ1n) is 6.41. The second kappa shape index (κ2) is 6.69. The number of nitro benzene ring substituents is 1. The van der Waals surface area contributed by atoms with Crippen LogP contribution >= 0.6 is 11.8 Å². The predicted molar refractivity (Wildman–Crippen MR) is 81.1 cm³/mol. The third-order valence-corrected chi connectivity index (χ3v) is 4.29. The summed E-state index contributed by atoms with van der Waals surface area (Å²) in [5, 5.41) is 14.0. The van der Waals surface area contributed by atoms with Gasteiger partial charge in [-0.2, -0.15) is 0 Å². The van der Waals surface area contributed by atoms with E-state index in [1.54, 1.807) is 31.3 Å². The van der Waals surface area contributed by atoms with Crippen molar-refractivity contribution in [1.82, 2.24) is 5.32 Å². The third kappa shape index (κ3) is 3.59. The highest BCUT2D eigenvalue weighted by atomic mass is 32.2. The van der Waals surface area contributed by atoms with Crippen molar-refractivity contribution in [3.05, 3.63) is 64.0 Å². The molecule has 0 spiro atoms. The molecule has 0 radical (unpaired) electrons. The van der Waals surface area contributed by atoms with Gasteiger partial charge in [-0.3, -0.25) is 10.1 Å². The van der Waals surface area contributed by atoms with Crippen LogP contribution in [0.3, 0.4) is 0 Å². The van der Waals surface area contributed by atoms with E-state index in [1.807, 2.05) is 13.0 Å². The summed E-state index contributed by atoms with van der Waals surface area (Å²) in [4.78, 5) is 11.3. The average molecular weight is 306 g/mol. The van der Waals surface area contributed by atoms with Crippen molar-refractivity contribution in [3.63, 3.8) is 0 Å². The summed E-state index contributed by atoms with van der Waals surface area (Å²) >= 11 is 1.06. The zero-order chi connectivity index (χ0) is 15.4. The number of halogens is 1. The first-order chi connectivity index (χ1) is 10.0. The highest BCUT2D eigenvalue weighted by Gasteiger charge is 2.16. The SMILES string of the molecule is CNC(C)c1ccc(Sc2ccccc2[N+](=O)[O-])c(F)c1. The van der Waals surface area contributed by atoms with E-state index in [2.05, 4.69) is 5.32 Å². The second-order valence-electron chi connectivity index (χ2n) is 4.53. The van der Waals surface area contributed by atoms with E-state index in [1.165, 1.54) is 12.1 Å². The predicted octanol–water partition coefficient (Wildman–Crippen LogP) is 4.17. The Morgan fingerprint density at radius 2 is 1.95 bits per heavy atom. The van der Waals surface area contributed by atoms with Crippen molar-refractivity contribution in [2.24, 2.45) is 0 Å². The molecular weight excluding hydrogens is 291 g/mol. The fourth-order valence-corrected chi connectivity index (χ4v) is 2.77. The quantitative estimate of drug-likeness (QED) is 0.665. The number of rotatable bonds is 5. The van der Waals surface area contributed by atoms with Gasteiger partial charge in [-0.05, 0) is 37.7 Å². The fraction of sp³-hybridized carbons (Fsp3) is 0.200. The van der Waals surface area contributed by atoms with Crippen molar-refractivity contribution in [1.29, 1.82) is 0 Å². The maximum absolute atomic E-state index is 14.1. The van der Waals surface area contributed by atoms with Crippen molar-refractivity contribution >= 4 is 17.4 Å². The number of hydrogen-bond acceptors (Lipinski definition) is 4. The molecular formula is C15H15FN2O2S. The van der Waals surface area contributed by atoms with Gasteiger partial charge in [0.05, 0.1) is 9.82 Å². The van der Waals surface area contributed by atoms with Crippen LogP contribution in [0.5, 0.6) is 0 Å². The van der Waals surface area contributed by atoms with Crippen LogP contribution in [0.4, 0.5) is 10.1 Å². The Kier molecular flexibility index (Phi) is 4.93. The van der Waals surface area contributed by atoms with E-state index in [9.17, 15) is 14.5 Å². The Balaban J connectivity index is 2.31. The highest BCUT2D eigenvalue weighted by molar-refractivity contribution is 7.99. The summed E-state index contributed by atoms with van der Waals surface area (Å²) < 4.78 is 14.1. The zero-order valence-electron chi connectivity index (χ0n) is 11.7. The Bertz CT molecular complexity index is 664. The topological polar surface area (TPSA) is 55.2 Å². The fourth-order valence-electron chi connectivity index (χ4n) is 1.85. The molecule has 0 aliphatic carbocycles. The van der Waals surface area contributed by atoms with Crippen LogP contribution < -0.4 is 5.32 Å². The number of para-hydroxylation sites is 1.